The molecule has 8 nitrogen and oxygen atoms in total. The Hall–Kier alpha value is -2.58. The Balaban J connectivity index is 0.00000240. The fraction of sp³-hybridized carbons (Fsp3) is 0.450. The van der Waals surface area contributed by atoms with Gasteiger partial charge < -0.3 is 14.9 Å². The fourth-order valence-electron chi connectivity index (χ4n) is 3.86. The van der Waals surface area contributed by atoms with E-state index in [2.05, 4.69) is 16.8 Å². The van der Waals surface area contributed by atoms with E-state index >= 15 is 0 Å². The van der Waals surface area contributed by atoms with Crippen molar-refractivity contribution in [2.75, 3.05) is 18.0 Å². The Bertz CT molecular complexity index is 1160. The highest BCUT2D eigenvalue weighted by Crippen LogP contribution is 2.24. The summed E-state index contributed by atoms with van der Waals surface area (Å²) in [5.74, 6) is 1.44. The van der Waals surface area contributed by atoms with Gasteiger partial charge in [-0.1, -0.05) is 36.7 Å². The number of rotatable bonds is 3. The number of aromatic nitrogens is 4. The van der Waals surface area contributed by atoms with Crippen LogP contribution in [0.25, 0.3) is 11.2 Å². The average Bonchev–Trinajstić information content (AvgIpc) is 3.03. The molecule has 2 N–H and O–H groups in total. The van der Waals surface area contributed by atoms with Crippen LogP contribution in [0.3, 0.4) is 0 Å². The van der Waals surface area contributed by atoms with Gasteiger partial charge in [0.25, 0.3) is 5.56 Å². The largest absolute Gasteiger partial charge is 0.412 e. The Kier molecular flexibility index (Phi) is 5.86. The lowest BCUT2D eigenvalue weighted by Crippen LogP contribution is -2.40. The molecule has 29 heavy (non-hydrogen) atoms. The topological polar surface area (TPSA) is 96.6 Å². The van der Waals surface area contributed by atoms with Crippen LogP contribution in [0, 0.1) is 5.92 Å². The van der Waals surface area contributed by atoms with Crippen LogP contribution >= 0.6 is 11.6 Å². The molecular formula is C20H26ClN5O3. The maximum atomic E-state index is 13.2. The summed E-state index contributed by atoms with van der Waals surface area (Å²) in [5, 5.41) is 0.532. The van der Waals surface area contributed by atoms with Gasteiger partial charge in [0.1, 0.15) is 0 Å². The van der Waals surface area contributed by atoms with Gasteiger partial charge in [0.15, 0.2) is 11.2 Å². The minimum absolute atomic E-state index is 0. The van der Waals surface area contributed by atoms with Gasteiger partial charge in [-0.15, -0.1) is 0 Å². The summed E-state index contributed by atoms with van der Waals surface area (Å²) in [6.07, 6.45) is 2.19. The van der Waals surface area contributed by atoms with Gasteiger partial charge in [0.2, 0.25) is 5.95 Å². The van der Waals surface area contributed by atoms with E-state index in [1.165, 1.54) is 9.13 Å². The van der Waals surface area contributed by atoms with Gasteiger partial charge in [0, 0.05) is 32.2 Å². The van der Waals surface area contributed by atoms with E-state index in [9.17, 15) is 9.59 Å². The van der Waals surface area contributed by atoms with Crippen LogP contribution in [0.1, 0.15) is 25.3 Å². The third-order valence-electron chi connectivity index (χ3n) is 5.69. The molecule has 9 heteroatoms. The SMILES string of the molecule is CC1CCN(c2nc3c(c(=O)n(Cc4ccccc4Cl)c(=O)n3C)n2C)CC1.O. The first kappa shape index (κ1) is 21.1. The summed E-state index contributed by atoms with van der Waals surface area (Å²) in [6.45, 7) is 4.19. The molecule has 1 saturated heterocycles. The number of hydrogen-bond acceptors (Lipinski definition) is 4. The summed E-state index contributed by atoms with van der Waals surface area (Å²) in [7, 11) is 3.50. The van der Waals surface area contributed by atoms with Crippen molar-refractivity contribution >= 4 is 28.7 Å². The first-order valence-corrected chi connectivity index (χ1v) is 9.91. The monoisotopic (exact) mass is 419 g/mol. The maximum absolute atomic E-state index is 13.2. The number of nitrogens with zero attached hydrogens (tertiary/aromatic N) is 5. The Labute approximate surface area is 173 Å². The highest BCUT2D eigenvalue weighted by Gasteiger charge is 2.24. The van der Waals surface area contributed by atoms with E-state index < -0.39 is 5.69 Å². The molecule has 0 amide bonds. The summed E-state index contributed by atoms with van der Waals surface area (Å²) in [6, 6.07) is 7.24. The van der Waals surface area contributed by atoms with Crippen molar-refractivity contribution in [1.82, 2.24) is 18.7 Å². The third-order valence-corrected chi connectivity index (χ3v) is 6.06. The van der Waals surface area contributed by atoms with E-state index in [1.54, 1.807) is 13.1 Å². The van der Waals surface area contributed by atoms with Gasteiger partial charge in [-0.2, -0.15) is 4.98 Å². The van der Waals surface area contributed by atoms with Gasteiger partial charge >= 0.3 is 5.69 Å². The van der Waals surface area contributed by atoms with Crippen LogP contribution in [-0.4, -0.2) is 37.3 Å². The van der Waals surface area contributed by atoms with Crippen LogP contribution in [0.15, 0.2) is 33.9 Å². The van der Waals surface area contributed by atoms with Crippen molar-refractivity contribution in [2.45, 2.75) is 26.3 Å². The van der Waals surface area contributed by atoms with Crippen molar-refractivity contribution in [1.29, 1.82) is 0 Å². The lowest BCUT2D eigenvalue weighted by Gasteiger charge is -2.30. The molecule has 0 unspecified atom stereocenters. The van der Waals surface area contributed by atoms with E-state index in [4.69, 9.17) is 11.6 Å². The first-order valence-electron chi connectivity index (χ1n) is 9.53. The molecule has 0 bridgehead atoms. The van der Waals surface area contributed by atoms with Crippen molar-refractivity contribution in [3.05, 3.63) is 55.7 Å². The average molecular weight is 420 g/mol. The molecule has 0 radical (unpaired) electrons. The maximum Gasteiger partial charge on any atom is 0.332 e. The van der Waals surface area contributed by atoms with E-state index in [0.717, 1.165) is 37.4 Å². The zero-order valence-corrected chi connectivity index (χ0v) is 17.6. The molecule has 4 rings (SSSR count). The zero-order chi connectivity index (χ0) is 20.0. The minimum atomic E-state index is -0.394. The van der Waals surface area contributed by atoms with Crippen LogP contribution < -0.4 is 16.1 Å². The summed E-state index contributed by atoms with van der Waals surface area (Å²) >= 11 is 6.24. The van der Waals surface area contributed by atoms with E-state index in [0.29, 0.717) is 22.1 Å². The van der Waals surface area contributed by atoms with Crippen LogP contribution in [0.2, 0.25) is 5.02 Å². The van der Waals surface area contributed by atoms with Crippen molar-refractivity contribution in [3.63, 3.8) is 0 Å². The second kappa shape index (κ2) is 8.04. The lowest BCUT2D eigenvalue weighted by molar-refractivity contribution is 0.433. The molecule has 1 aromatic carbocycles. The third kappa shape index (κ3) is 3.58. The molecule has 2 aromatic heterocycles. The number of fused-ring (bicyclic) bond motifs is 1. The van der Waals surface area contributed by atoms with E-state index in [1.807, 2.05) is 29.8 Å². The number of anilines is 1. The molecule has 156 valence electrons. The van der Waals surface area contributed by atoms with Crippen LogP contribution in [-0.2, 0) is 20.6 Å². The Morgan fingerprint density at radius 2 is 1.76 bits per heavy atom. The number of halogens is 1. The second-order valence-corrected chi connectivity index (χ2v) is 8.04. The highest BCUT2D eigenvalue weighted by molar-refractivity contribution is 6.31. The standard InChI is InChI=1S/C20H24ClN5O2.H2O/c1-13-8-10-25(11-9-13)19-22-17-16(23(19)2)18(27)26(20(28)24(17)3)12-14-6-4-5-7-15(14)21;/h4-7,13H,8-12H2,1-3H3;1H2. The quantitative estimate of drug-likeness (QED) is 0.643. The number of hydrogen-bond donors (Lipinski definition) is 0. The molecule has 3 aromatic rings. The predicted molar refractivity (Wildman–Crippen MR) is 115 cm³/mol. The van der Waals surface area contributed by atoms with E-state index in [-0.39, 0.29) is 17.6 Å². The number of aryl methyl sites for hydroxylation is 2. The molecular weight excluding hydrogens is 394 g/mol. The predicted octanol–water partition coefficient (Wildman–Crippen LogP) is 1.55. The molecule has 3 heterocycles. The van der Waals surface area contributed by atoms with Crippen molar-refractivity contribution in [2.24, 2.45) is 20.0 Å². The molecule has 1 aliphatic heterocycles. The van der Waals surface area contributed by atoms with Crippen molar-refractivity contribution < 1.29 is 5.48 Å². The Morgan fingerprint density at radius 3 is 2.41 bits per heavy atom. The molecule has 0 aliphatic carbocycles. The smallest absolute Gasteiger partial charge is 0.332 e. The number of imidazole rings is 1. The number of benzene rings is 1. The molecule has 0 saturated carbocycles. The summed E-state index contributed by atoms with van der Waals surface area (Å²) < 4.78 is 4.49. The summed E-state index contributed by atoms with van der Waals surface area (Å²) in [4.78, 5) is 32.9. The van der Waals surface area contributed by atoms with Crippen LogP contribution in [0.5, 0.6) is 0 Å². The normalized spacial score (nSPS) is 15.0. The van der Waals surface area contributed by atoms with Crippen LogP contribution in [0.4, 0.5) is 5.95 Å². The van der Waals surface area contributed by atoms with Gasteiger partial charge in [-0.05, 0) is 30.4 Å². The number of piperidine rings is 1. The summed E-state index contributed by atoms with van der Waals surface area (Å²) in [5.41, 5.74) is 0.846. The van der Waals surface area contributed by atoms with Gasteiger partial charge in [0.05, 0.1) is 6.54 Å². The Morgan fingerprint density at radius 1 is 1.10 bits per heavy atom. The van der Waals surface area contributed by atoms with Crippen molar-refractivity contribution in [3.8, 4) is 0 Å². The molecule has 1 fully saturated rings. The molecule has 1 aliphatic rings. The highest BCUT2D eigenvalue weighted by atomic mass is 35.5. The second-order valence-electron chi connectivity index (χ2n) is 7.64. The first-order chi connectivity index (χ1) is 13.4. The molecule has 0 spiro atoms. The van der Waals surface area contributed by atoms with Gasteiger partial charge in [-0.25, -0.2) is 4.79 Å². The minimum Gasteiger partial charge on any atom is -0.412 e. The lowest BCUT2D eigenvalue weighted by atomic mass is 10.00. The zero-order valence-electron chi connectivity index (χ0n) is 16.9. The fourth-order valence-corrected chi connectivity index (χ4v) is 4.06. The van der Waals surface area contributed by atoms with Gasteiger partial charge in [-0.3, -0.25) is 13.9 Å². The molecule has 0 atom stereocenters.